The summed E-state index contributed by atoms with van der Waals surface area (Å²) in [5.41, 5.74) is 2.17. The molecule has 164 valence electrons. The molecule has 0 aliphatic carbocycles. The molecule has 1 saturated heterocycles. The van der Waals surface area contributed by atoms with Crippen molar-refractivity contribution in [2.24, 2.45) is 0 Å². The van der Waals surface area contributed by atoms with Gasteiger partial charge in [-0.05, 0) is 24.7 Å². The number of fused-ring (bicyclic) bond motifs is 2. The molecule has 5 rings (SSSR count). The van der Waals surface area contributed by atoms with Gasteiger partial charge in [-0.2, -0.15) is 0 Å². The highest BCUT2D eigenvalue weighted by Gasteiger charge is 2.28. The molecule has 1 aromatic carbocycles. The number of anilines is 1. The van der Waals surface area contributed by atoms with E-state index in [2.05, 4.69) is 27.1 Å². The van der Waals surface area contributed by atoms with Gasteiger partial charge in [0.05, 0.1) is 5.69 Å². The number of likely N-dealkylation sites (N-methyl/N-ethyl adjacent to an activating group) is 1. The van der Waals surface area contributed by atoms with E-state index in [0.717, 1.165) is 53.7 Å². The number of hydrogen-bond acceptors (Lipinski definition) is 8. The van der Waals surface area contributed by atoms with Crippen LogP contribution in [0.5, 0.6) is 11.5 Å². The van der Waals surface area contributed by atoms with Crippen LogP contribution in [0, 0.1) is 0 Å². The summed E-state index contributed by atoms with van der Waals surface area (Å²) in [4.78, 5) is 36.9. The van der Waals surface area contributed by atoms with Gasteiger partial charge in [-0.25, -0.2) is 4.98 Å². The van der Waals surface area contributed by atoms with E-state index in [1.165, 1.54) is 11.3 Å². The number of nitrogens with one attached hydrogen (secondary N) is 1. The molecule has 1 fully saturated rings. The van der Waals surface area contributed by atoms with Gasteiger partial charge < -0.3 is 19.3 Å². The van der Waals surface area contributed by atoms with Crippen molar-refractivity contribution >= 4 is 28.3 Å². The Morgan fingerprint density at radius 2 is 1.94 bits per heavy atom. The lowest BCUT2D eigenvalue weighted by molar-refractivity contribution is -0.144. The molecule has 2 amide bonds. The van der Waals surface area contributed by atoms with E-state index in [1.807, 2.05) is 18.2 Å². The van der Waals surface area contributed by atoms with Crippen molar-refractivity contribution in [2.45, 2.75) is 19.5 Å². The van der Waals surface area contributed by atoms with E-state index in [9.17, 15) is 9.59 Å². The van der Waals surface area contributed by atoms with E-state index in [1.54, 1.807) is 4.90 Å². The van der Waals surface area contributed by atoms with Crippen LogP contribution in [-0.2, 0) is 29.1 Å². The number of piperazine rings is 1. The third-order valence-corrected chi connectivity index (χ3v) is 6.84. The minimum Gasteiger partial charge on any atom is -0.454 e. The maximum Gasteiger partial charge on any atom is 0.315 e. The average Bonchev–Trinajstić information content (AvgIpc) is 3.39. The first-order chi connectivity index (χ1) is 15.0. The second-order valence-electron chi connectivity index (χ2n) is 8.09. The Kier molecular flexibility index (Phi) is 5.51. The van der Waals surface area contributed by atoms with Gasteiger partial charge >= 0.3 is 11.8 Å². The van der Waals surface area contributed by atoms with Crippen LogP contribution in [0.4, 0.5) is 5.13 Å². The van der Waals surface area contributed by atoms with Crippen molar-refractivity contribution in [3.8, 4) is 11.5 Å². The Morgan fingerprint density at radius 3 is 2.77 bits per heavy atom. The molecule has 3 aliphatic heterocycles. The lowest BCUT2D eigenvalue weighted by Gasteiger charge is -2.34. The SMILES string of the molecule is CN1CCc2nc(NC(=O)C(=O)N3CCN(Cc4ccc5c(c4)OCO5)CC3)sc2C1. The summed E-state index contributed by atoms with van der Waals surface area (Å²) in [5.74, 6) is 0.452. The monoisotopic (exact) mass is 443 g/mol. The van der Waals surface area contributed by atoms with Gasteiger partial charge in [-0.15, -0.1) is 11.3 Å². The molecule has 0 spiro atoms. The molecule has 0 atom stereocenters. The number of nitrogens with zero attached hydrogens (tertiary/aromatic N) is 4. The zero-order valence-corrected chi connectivity index (χ0v) is 18.2. The number of thiazole rings is 1. The topological polar surface area (TPSA) is 87.2 Å². The molecular formula is C21H25N5O4S. The number of amides is 2. The van der Waals surface area contributed by atoms with Gasteiger partial charge in [0, 0.05) is 57.1 Å². The van der Waals surface area contributed by atoms with Gasteiger partial charge in [-0.3, -0.25) is 19.8 Å². The summed E-state index contributed by atoms with van der Waals surface area (Å²) in [7, 11) is 2.07. The molecule has 0 bridgehead atoms. The maximum atomic E-state index is 12.6. The summed E-state index contributed by atoms with van der Waals surface area (Å²) in [5, 5.41) is 3.22. The Balaban J connectivity index is 1.12. The molecule has 31 heavy (non-hydrogen) atoms. The normalized spacial score (nSPS) is 18.7. The van der Waals surface area contributed by atoms with Crippen LogP contribution in [-0.4, -0.2) is 78.1 Å². The average molecular weight is 444 g/mol. The fourth-order valence-corrected chi connectivity index (χ4v) is 5.16. The molecule has 2 aromatic rings. The summed E-state index contributed by atoms with van der Waals surface area (Å²) >= 11 is 1.46. The molecule has 0 saturated carbocycles. The van der Waals surface area contributed by atoms with E-state index in [0.29, 0.717) is 31.3 Å². The smallest absolute Gasteiger partial charge is 0.315 e. The largest absolute Gasteiger partial charge is 0.454 e. The van der Waals surface area contributed by atoms with Gasteiger partial charge in [0.25, 0.3) is 0 Å². The molecule has 10 heteroatoms. The predicted octanol–water partition coefficient (Wildman–Crippen LogP) is 1.14. The van der Waals surface area contributed by atoms with Crippen molar-refractivity contribution in [3.63, 3.8) is 0 Å². The first-order valence-corrected chi connectivity index (χ1v) is 11.2. The van der Waals surface area contributed by atoms with Crippen LogP contribution in [0.2, 0.25) is 0 Å². The molecule has 3 aliphatic rings. The molecule has 1 aromatic heterocycles. The summed E-state index contributed by atoms with van der Waals surface area (Å²) in [6.45, 7) is 5.30. The molecule has 0 unspecified atom stereocenters. The van der Waals surface area contributed by atoms with Crippen LogP contribution < -0.4 is 14.8 Å². The molecule has 9 nitrogen and oxygen atoms in total. The number of benzene rings is 1. The fraction of sp³-hybridized carbons (Fsp3) is 0.476. The van der Waals surface area contributed by atoms with Crippen molar-refractivity contribution in [3.05, 3.63) is 34.3 Å². The summed E-state index contributed by atoms with van der Waals surface area (Å²) in [6.07, 6.45) is 0.872. The van der Waals surface area contributed by atoms with Gasteiger partial charge in [0.15, 0.2) is 16.6 Å². The minimum atomic E-state index is -0.608. The number of hydrogen-bond donors (Lipinski definition) is 1. The van der Waals surface area contributed by atoms with E-state index in [-0.39, 0.29) is 6.79 Å². The zero-order chi connectivity index (χ0) is 21.4. The predicted molar refractivity (Wildman–Crippen MR) is 115 cm³/mol. The molecule has 4 heterocycles. The number of rotatable bonds is 3. The van der Waals surface area contributed by atoms with E-state index >= 15 is 0 Å². The second kappa shape index (κ2) is 8.45. The highest BCUT2D eigenvalue weighted by molar-refractivity contribution is 7.16. The maximum absolute atomic E-state index is 12.6. The van der Waals surface area contributed by atoms with Gasteiger partial charge in [-0.1, -0.05) is 6.07 Å². The van der Waals surface area contributed by atoms with E-state index < -0.39 is 11.8 Å². The van der Waals surface area contributed by atoms with E-state index in [4.69, 9.17) is 9.47 Å². The van der Waals surface area contributed by atoms with Crippen LogP contribution in [0.15, 0.2) is 18.2 Å². The van der Waals surface area contributed by atoms with Crippen LogP contribution in [0.25, 0.3) is 0 Å². The Hall–Kier alpha value is -2.69. The first-order valence-electron chi connectivity index (χ1n) is 10.4. The Bertz CT molecular complexity index is 1000. The summed E-state index contributed by atoms with van der Waals surface area (Å²) in [6, 6.07) is 5.96. The lowest BCUT2D eigenvalue weighted by Crippen LogP contribution is -2.51. The van der Waals surface area contributed by atoms with Crippen molar-refractivity contribution in [1.82, 2.24) is 19.7 Å². The molecule has 0 radical (unpaired) electrons. The quantitative estimate of drug-likeness (QED) is 0.712. The third kappa shape index (κ3) is 4.36. The second-order valence-corrected chi connectivity index (χ2v) is 9.17. The standard InChI is InChI=1S/C21H25N5O4S/c1-24-5-4-15-18(12-24)31-21(22-15)23-19(27)20(28)26-8-6-25(7-9-26)11-14-2-3-16-17(10-14)30-13-29-16/h2-3,10H,4-9,11-13H2,1H3,(H,22,23,27). The van der Waals surface area contributed by atoms with Crippen molar-refractivity contribution in [2.75, 3.05) is 51.9 Å². The van der Waals surface area contributed by atoms with Gasteiger partial charge in [0.1, 0.15) is 0 Å². The van der Waals surface area contributed by atoms with Crippen molar-refractivity contribution < 1.29 is 19.1 Å². The number of carbonyl (C=O) groups is 2. The molecular weight excluding hydrogens is 418 g/mol. The van der Waals surface area contributed by atoms with Crippen molar-refractivity contribution in [1.29, 1.82) is 0 Å². The number of aromatic nitrogens is 1. The highest BCUT2D eigenvalue weighted by atomic mass is 32.1. The molecule has 1 N–H and O–H groups in total. The first kappa shape index (κ1) is 20.2. The van der Waals surface area contributed by atoms with Crippen LogP contribution in [0.3, 0.4) is 0 Å². The van der Waals surface area contributed by atoms with Crippen LogP contribution >= 0.6 is 11.3 Å². The van der Waals surface area contributed by atoms with Gasteiger partial charge in [0.2, 0.25) is 6.79 Å². The Labute approximate surface area is 184 Å². The third-order valence-electron chi connectivity index (χ3n) is 5.84. The highest BCUT2D eigenvalue weighted by Crippen LogP contribution is 2.33. The number of ether oxygens (including phenoxy) is 2. The minimum absolute atomic E-state index is 0.266. The van der Waals surface area contributed by atoms with Crippen LogP contribution in [0.1, 0.15) is 16.1 Å². The summed E-state index contributed by atoms with van der Waals surface area (Å²) < 4.78 is 10.8. The number of carbonyl (C=O) groups excluding carboxylic acids is 2. The Morgan fingerprint density at radius 1 is 1.13 bits per heavy atom. The lowest BCUT2D eigenvalue weighted by atomic mass is 10.1. The zero-order valence-electron chi connectivity index (χ0n) is 17.4. The fourth-order valence-electron chi connectivity index (χ4n) is 4.08.